The lowest BCUT2D eigenvalue weighted by atomic mass is 10.2. The number of aromatic nitrogens is 2. The minimum absolute atomic E-state index is 0.846. The molecule has 4 heteroatoms. The molecule has 0 radical (unpaired) electrons. The van der Waals surface area contributed by atoms with Gasteiger partial charge in [0.15, 0.2) is 0 Å². The molecule has 1 N–H and O–H groups in total. The number of fused-ring (bicyclic) bond motifs is 1. The Bertz CT molecular complexity index is 453. The van der Waals surface area contributed by atoms with E-state index in [-0.39, 0.29) is 0 Å². The van der Waals surface area contributed by atoms with Crippen LogP contribution in [0.25, 0.3) is 5.52 Å². The van der Waals surface area contributed by atoms with Gasteiger partial charge < -0.3 is 10.1 Å². The van der Waals surface area contributed by atoms with E-state index in [0.717, 1.165) is 32.5 Å². The number of nitrogens with one attached hydrogen (secondary N) is 1. The van der Waals surface area contributed by atoms with E-state index in [1.54, 1.807) is 7.11 Å². The van der Waals surface area contributed by atoms with Gasteiger partial charge in [-0.05, 0) is 31.5 Å². The molecule has 0 saturated heterocycles. The molecule has 0 fully saturated rings. The average molecular weight is 233 g/mol. The summed E-state index contributed by atoms with van der Waals surface area (Å²) in [6, 6.07) is 6.12. The molecule has 0 atom stereocenters. The third kappa shape index (κ3) is 3.28. The lowest BCUT2D eigenvalue weighted by Crippen LogP contribution is -2.14. The normalized spacial score (nSPS) is 11.1. The number of ether oxygens (including phenoxy) is 1. The molecular weight excluding hydrogens is 214 g/mol. The van der Waals surface area contributed by atoms with Gasteiger partial charge in [0.2, 0.25) is 0 Å². The van der Waals surface area contributed by atoms with Gasteiger partial charge in [-0.1, -0.05) is 6.07 Å². The van der Waals surface area contributed by atoms with E-state index in [9.17, 15) is 0 Å². The van der Waals surface area contributed by atoms with Crippen molar-refractivity contribution in [3.63, 3.8) is 0 Å². The molecule has 0 amide bonds. The zero-order valence-corrected chi connectivity index (χ0v) is 10.2. The fraction of sp³-hybridized carbons (Fsp3) is 0.462. The van der Waals surface area contributed by atoms with Crippen molar-refractivity contribution in [2.75, 3.05) is 20.3 Å². The van der Waals surface area contributed by atoms with Crippen LogP contribution in [-0.4, -0.2) is 29.9 Å². The third-order valence-corrected chi connectivity index (χ3v) is 2.77. The highest BCUT2D eigenvalue weighted by molar-refractivity contribution is 5.53. The molecule has 0 unspecified atom stereocenters. The van der Waals surface area contributed by atoms with Crippen LogP contribution in [-0.2, 0) is 11.3 Å². The van der Waals surface area contributed by atoms with Crippen LogP contribution in [0.4, 0.5) is 0 Å². The van der Waals surface area contributed by atoms with Crippen molar-refractivity contribution >= 4 is 5.52 Å². The second-order valence-corrected chi connectivity index (χ2v) is 4.08. The maximum absolute atomic E-state index is 5.01. The molecule has 92 valence electrons. The molecule has 0 aliphatic rings. The molecule has 0 saturated carbocycles. The molecule has 0 aliphatic heterocycles. The van der Waals surface area contributed by atoms with E-state index >= 15 is 0 Å². The minimum Gasteiger partial charge on any atom is -0.385 e. The number of unbranched alkanes of at least 4 members (excludes halogenated alkanes) is 1. The Kier molecular flexibility index (Phi) is 4.53. The summed E-state index contributed by atoms with van der Waals surface area (Å²) >= 11 is 0. The van der Waals surface area contributed by atoms with Gasteiger partial charge in [-0.15, -0.1) is 0 Å². The van der Waals surface area contributed by atoms with Gasteiger partial charge >= 0.3 is 0 Å². The van der Waals surface area contributed by atoms with Crippen LogP contribution in [0.5, 0.6) is 0 Å². The molecule has 0 aliphatic carbocycles. The van der Waals surface area contributed by atoms with Gasteiger partial charge in [0.1, 0.15) is 0 Å². The lowest BCUT2D eigenvalue weighted by molar-refractivity contribution is 0.192. The van der Waals surface area contributed by atoms with Crippen LogP contribution >= 0.6 is 0 Å². The smallest absolute Gasteiger partial charge is 0.0706 e. The summed E-state index contributed by atoms with van der Waals surface area (Å²) in [7, 11) is 1.74. The van der Waals surface area contributed by atoms with Gasteiger partial charge in [0.25, 0.3) is 0 Å². The summed E-state index contributed by atoms with van der Waals surface area (Å²) in [5.41, 5.74) is 2.43. The van der Waals surface area contributed by atoms with E-state index < -0.39 is 0 Å². The van der Waals surface area contributed by atoms with Gasteiger partial charge in [0.05, 0.1) is 11.7 Å². The third-order valence-electron chi connectivity index (χ3n) is 2.77. The van der Waals surface area contributed by atoms with Crippen molar-refractivity contribution in [2.45, 2.75) is 19.4 Å². The fourth-order valence-electron chi connectivity index (χ4n) is 1.84. The van der Waals surface area contributed by atoms with E-state index in [4.69, 9.17) is 4.74 Å². The zero-order chi connectivity index (χ0) is 11.9. The van der Waals surface area contributed by atoms with Crippen molar-refractivity contribution < 1.29 is 4.74 Å². The molecule has 4 nitrogen and oxygen atoms in total. The molecule has 0 spiro atoms. The number of rotatable bonds is 7. The minimum atomic E-state index is 0.846. The van der Waals surface area contributed by atoms with E-state index in [1.165, 1.54) is 11.1 Å². The standard InChI is InChI=1S/C13H19N3O/c1-17-9-5-3-7-14-10-12-11-15-16-8-4-2-6-13(12)16/h2,4,6,8,11,14H,3,5,7,9-10H2,1H3. The topological polar surface area (TPSA) is 38.6 Å². The van der Waals surface area contributed by atoms with Gasteiger partial charge in [0, 0.05) is 32.0 Å². The SMILES string of the molecule is COCCCCNCc1cnn2ccccc12. The van der Waals surface area contributed by atoms with Gasteiger partial charge in [-0.2, -0.15) is 5.10 Å². The highest BCUT2D eigenvalue weighted by Gasteiger charge is 2.01. The number of hydrogen-bond acceptors (Lipinski definition) is 3. The predicted octanol–water partition coefficient (Wildman–Crippen LogP) is 1.85. The first-order valence-corrected chi connectivity index (χ1v) is 6.02. The van der Waals surface area contributed by atoms with E-state index in [2.05, 4.69) is 16.5 Å². The Morgan fingerprint density at radius 3 is 3.18 bits per heavy atom. The Morgan fingerprint density at radius 2 is 2.29 bits per heavy atom. The predicted molar refractivity (Wildman–Crippen MR) is 68.0 cm³/mol. The molecule has 0 bridgehead atoms. The van der Waals surface area contributed by atoms with Crippen LogP contribution in [0.15, 0.2) is 30.6 Å². The summed E-state index contributed by atoms with van der Waals surface area (Å²) in [4.78, 5) is 0. The number of hydrogen-bond donors (Lipinski definition) is 1. The van der Waals surface area contributed by atoms with Crippen molar-refractivity contribution in [2.24, 2.45) is 0 Å². The summed E-state index contributed by atoms with van der Waals surface area (Å²) in [5.74, 6) is 0. The summed E-state index contributed by atoms with van der Waals surface area (Å²) in [6.45, 7) is 2.74. The van der Waals surface area contributed by atoms with Gasteiger partial charge in [-0.3, -0.25) is 0 Å². The molecule has 17 heavy (non-hydrogen) atoms. The first-order chi connectivity index (χ1) is 8.42. The van der Waals surface area contributed by atoms with Crippen molar-refractivity contribution in [1.82, 2.24) is 14.9 Å². The van der Waals surface area contributed by atoms with Crippen molar-refractivity contribution in [3.8, 4) is 0 Å². The molecule has 0 aromatic carbocycles. The van der Waals surface area contributed by atoms with E-state index in [0.29, 0.717) is 0 Å². The highest BCUT2D eigenvalue weighted by Crippen LogP contribution is 2.09. The maximum atomic E-state index is 5.01. The average Bonchev–Trinajstić information content (AvgIpc) is 2.77. The van der Waals surface area contributed by atoms with Gasteiger partial charge in [-0.25, -0.2) is 4.52 Å². The Labute approximate surface area is 102 Å². The van der Waals surface area contributed by atoms with Crippen LogP contribution in [0.1, 0.15) is 18.4 Å². The number of methoxy groups -OCH3 is 1. The van der Waals surface area contributed by atoms with Crippen molar-refractivity contribution in [1.29, 1.82) is 0 Å². The first-order valence-electron chi connectivity index (χ1n) is 6.02. The fourth-order valence-corrected chi connectivity index (χ4v) is 1.84. The van der Waals surface area contributed by atoms with Crippen molar-refractivity contribution in [3.05, 3.63) is 36.2 Å². The second-order valence-electron chi connectivity index (χ2n) is 4.08. The molecule has 2 aromatic rings. The zero-order valence-electron chi connectivity index (χ0n) is 10.2. The maximum Gasteiger partial charge on any atom is 0.0706 e. The van der Waals surface area contributed by atoms with Crippen LogP contribution in [0.3, 0.4) is 0 Å². The summed E-state index contributed by atoms with van der Waals surface area (Å²) < 4.78 is 6.92. The molecular formula is C13H19N3O. The number of nitrogens with zero attached hydrogens (tertiary/aromatic N) is 2. The second kappa shape index (κ2) is 6.37. The van der Waals surface area contributed by atoms with E-state index in [1.807, 2.05) is 29.0 Å². The first kappa shape index (κ1) is 12.1. The number of pyridine rings is 1. The summed E-state index contributed by atoms with van der Waals surface area (Å²) in [5, 5.41) is 7.73. The largest absolute Gasteiger partial charge is 0.385 e. The molecule has 2 rings (SSSR count). The molecule has 2 heterocycles. The Morgan fingerprint density at radius 1 is 1.35 bits per heavy atom. The summed E-state index contributed by atoms with van der Waals surface area (Å²) in [6.07, 6.45) is 6.15. The quantitative estimate of drug-likeness (QED) is 0.742. The van der Waals surface area contributed by atoms with Crippen LogP contribution in [0, 0.1) is 0 Å². The van der Waals surface area contributed by atoms with Crippen LogP contribution < -0.4 is 5.32 Å². The highest BCUT2D eigenvalue weighted by atomic mass is 16.5. The lowest BCUT2D eigenvalue weighted by Gasteiger charge is -2.03. The monoisotopic (exact) mass is 233 g/mol. The molecule has 2 aromatic heterocycles. The Balaban J connectivity index is 1.79. The Hall–Kier alpha value is -1.39. The van der Waals surface area contributed by atoms with Crippen LogP contribution in [0.2, 0.25) is 0 Å².